The Hall–Kier alpha value is -3.59. The first-order chi connectivity index (χ1) is 17.0. The number of aliphatic hydroxyl groups is 1. The van der Waals surface area contributed by atoms with Crippen molar-refractivity contribution in [1.29, 1.82) is 0 Å². The fraction of sp³-hybridized carbons (Fsp3) is 0.444. The molecule has 2 aromatic carbocycles. The summed E-state index contributed by atoms with van der Waals surface area (Å²) < 4.78 is 5.25. The molecule has 0 saturated heterocycles. The van der Waals surface area contributed by atoms with Gasteiger partial charge in [0, 0.05) is 18.2 Å². The SMILES string of the molecule is CC1CC1N(C(=O)C(CO)NC(=O)OC(C)(C)C)C(C(=O)NCc1ccccc1)c1ccccc1O. The number of amides is 3. The molecule has 0 spiro atoms. The van der Waals surface area contributed by atoms with Crippen LogP contribution < -0.4 is 10.6 Å². The van der Waals surface area contributed by atoms with E-state index < -0.39 is 42.2 Å². The van der Waals surface area contributed by atoms with Gasteiger partial charge in [0.25, 0.3) is 0 Å². The number of ether oxygens (including phenoxy) is 1. The molecule has 1 aliphatic rings. The summed E-state index contributed by atoms with van der Waals surface area (Å²) in [6.45, 7) is 6.55. The number of para-hydroxylation sites is 1. The molecule has 4 atom stereocenters. The average molecular weight is 498 g/mol. The zero-order valence-corrected chi connectivity index (χ0v) is 21.1. The second-order valence-electron chi connectivity index (χ2n) is 10.1. The molecule has 194 valence electrons. The van der Waals surface area contributed by atoms with Gasteiger partial charge in [0.2, 0.25) is 11.8 Å². The third kappa shape index (κ3) is 6.97. The van der Waals surface area contributed by atoms with Crippen LogP contribution in [0.5, 0.6) is 5.75 Å². The average Bonchev–Trinajstić information content (AvgIpc) is 3.54. The summed E-state index contributed by atoms with van der Waals surface area (Å²) in [6.07, 6.45) is -0.210. The van der Waals surface area contributed by atoms with Crippen LogP contribution in [-0.2, 0) is 20.9 Å². The molecule has 2 aromatic rings. The van der Waals surface area contributed by atoms with Crippen LogP contribution in [0.1, 0.15) is 51.3 Å². The third-order valence-electron chi connectivity index (χ3n) is 5.92. The molecule has 3 rings (SSSR count). The van der Waals surface area contributed by atoms with E-state index in [9.17, 15) is 24.6 Å². The highest BCUT2D eigenvalue weighted by Gasteiger charge is 2.48. The first-order valence-corrected chi connectivity index (χ1v) is 12.0. The predicted octanol–water partition coefficient (Wildman–Crippen LogP) is 2.87. The molecule has 36 heavy (non-hydrogen) atoms. The number of aliphatic hydroxyl groups excluding tert-OH is 1. The number of phenols is 1. The lowest BCUT2D eigenvalue weighted by Gasteiger charge is -2.34. The van der Waals surface area contributed by atoms with Crippen molar-refractivity contribution in [1.82, 2.24) is 15.5 Å². The molecule has 9 nitrogen and oxygen atoms in total. The van der Waals surface area contributed by atoms with Crippen LogP contribution >= 0.6 is 0 Å². The molecule has 1 fully saturated rings. The maximum Gasteiger partial charge on any atom is 0.408 e. The van der Waals surface area contributed by atoms with Crippen molar-refractivity contribution in [3.05, 3.63) is 65.7 Å². The van der Waals surface area contributed by atoms with Gasteiger partial charge in [-0.15, -0.1) is 0 Å². The second-order valence-corrected chi connectivity index (χ2v) is 10.1. The second kappa shape index (κ2) is 11.4. The summed E-state index contributed by atoms with van der Waals surface area (Å²) >= 11 is 0. The molecule has 1 saturated carbocycles. The first-order valence-electron chi connectivity index (χ1n) is 12.0. The van der Waals surface area contributed by atoms with E-state index >= 15 is 0 Å². The molecule has 0 radical (unpaired) electrons. The van der Waals surface area contributed by atoms with E-state index in [1.54, 1.807) is 39.0 Å². The Balaban J connectivity index is 1.93. The maximum atomic E-state index is 13.7. The van der Waals surface area contributed by atoms with Crippen molar-refractivity contribution in [2.24, 2.45) is 5.92 Å². The van der Waals surface area contributed by atoms with Crippen LogP contribution in [0.4, 0.5) is 4.79 Å². The van der Waals surface area contributed by atoms with Crippen molar-refractivity contribution in [3.8, 4) is 5.75 Å². The van der Waals surface area contributed by atoms with Crippen molar-refractivity contribution >= 4 is 17.9 Å². The summed E-state index contributed by atoms with van der Waals surface area (Å²) in [5, 5.41) is 25.9. The van der Waals surface area contributed by atoms with Gasteiger partial charge in [-0.05, 0) is 44.7 Å². The predicted molar refractivity (Wildman–Crippen MR) is 134 cm³/mol. The fourth-order valence-electron chi connectivity index (χ4n) is 4.01. The highest BCUT2D eigenvalue weighted by molar-refractivity contribution is 5.93. The van der Waals surface area contributed by atoms with E-state index in [-0.39, 0.29) is 29.8 Å². The van der Waals surface area contributed by atoms with E-state index in [0.29, 0.717) is 6.42 Å². The van der Waals surface area contributed by atoms with Gasteiger partial charge in [0.15, 0.2) is 0 Å². The number of nitrogens with zero attached hydrogens (tertiary/aromatic N) is 1. The Morgan fingerprint density at radius 2 is 1.69 bits per heavy atom. The number of alkyl carbamates (subject to hydrolysis) is 1. The number of hydrogen-bond acceptors (Lipinski definition) is 6. The van der Waals surface area contributed by atoms with Gasteiger partial charge in [-0.2, -0.15) is 0 Å². The van der Waals surface area contributed by atoms with Gasteiger partial charge in [-0.1, -0.05) is 55.5 Å². The lowest BCUT2D eigenvalue weighted by atomic mass is 10.0. The lowest BCUT2D eigenvalue weighted by Crippen LogP contribution is -2.55. The molecule has 0 aromatic heterocycles. The number of rotatable bonds is 9. The van der Waals surface area contributed by atoms with Crippen molar-refractivity contribution in [2.75, 3.05) is 6.61 Å². The largest absolute Gasteiger partial charge is 0.508 e. The Kier molecular flexibility index (Phi) is 8.57. The minimum absolute atomic E-state index is 0.102. The van der Waals surface area contributed by atoms with Crippen LogP contribution in [0.25, 0.3) is 0 Å². The van der Waals surface area contributed by atoms with Gasteiger partial charge in [-0.3, -0.25) is 9.59 Å². The number of nitrogens with one attached hydrogen (secondary N) is 2. The summed E-state index contributed by atoms with van der Waals surface area (Å²) in [4.78, 5) is 41.1. The first kappa shape index (κ1) is 27.0. The van der Waals surface area contributed by atoms with Crippen LogP contribution in [0.2, 0.25) is 0 Å². The molecule has 9 heteroatoms. The zero-order chi connectivity index (χ0) is 26.5. The zero-order valence-electron chi connectivity index (χ0n) is 21.1. The van der Waals surface area contributed by atoms with Gasteiger partial charge >= 0.3 is 6.09 Å². The molecule has 0 aliphatic heterocycles. The minimum Gasteiger partial charge on any atom is -0.508 e. The van der Waals surface area contributed by atoms with E-state index in [4.69, 9.17) is 4.74 Å². The normalized spacial score (nSPS) is 18.5. The summed E-state index contributed by atoms with van der Waals surface area (Å²) in [5.41, 5.74) is 0.330. The quantitative estimate of drug-likeness (QED) is 0.422. The van der Waals surface area contributed by atoms with Gasteiger partial charge in [-0.25, -0.2) is 4.79 Å². The third-order valence-corrected chi connectivity index (χ3v) is 5.92. The molecular weight excluding hydrogens is 462 g/mol. The summed E-state index contributed by atoms with van der Waals surface area (Å²) in [6, 6.07) is 12.9. The highest BCUT2D eigenvalue weighted by Crippen LogP contribution is 2.42. The summed E-state index contributed by atoms with van der Waals surface area (Å²) in [7, 11) is 0. The Morgan fingerprint density at radius 1 is 1.08 bits per heavy atom. The Bertz CT molecular complexity index is 1070. The topological polar surface area (TPSA) is 128 Å². The number of phenolic OH excluding ortho intramolecular Hbond substituents is 1. The lowest BCUT2D eigenvalue weighted by molar-refractivity contribution is -0.144. The molecule has 1 aliphatic carbocycles. The number of benzene rings is 2. The van der Waals surface area contributed by atoms with E-state index in [2.05, 4.69) is 10.6 Å². The van der Waals surface area contributed by atoms with Gasteiger partial charge in [0.05, 0.1) is 6.61 Å². The molecule has 0 heterocycles. The molecule has 4 N–H and O–H groups in total. The van der Waals surface area contributed by atoms with Crippen LogP contribution in [0.3, 0.4) is 0 Å². The number of hydrogen-bond donors (Lipinski definition) is 4. The standard InChI is InChI=1S/C27H35N3O6/c1-17-14-21(17)30(25(34)20(16-31)29-26(35)36-27(2,3)4)23(19-12-8-9-13-22(19)32)24(33)28-15-18-10-6-5-7-11-18/h5-13,17,20-21,23,31-32H,14-16H2,1-4H3,(H,28,33)(H,29,35). The van der Waals surface area contributed by atoms with Crippen molar-refractivity contribution in [3.63, 3.8) is 0 Å². The number of carbonyl (C=O) groups excluding carboxylic acids is 3. The maximum absolute atomic E-state index is 13.7. The van der Waals surface area contributed by atoms with E-state index in [0.717, 1.165) is 5.56 Å². The highest BCUT2D eigenvalue weighted by atomic mass is 16.6. The smallest absolute Gasteiger partial charge is 0.408 e. The van der Waals surface area contributed by atoms with Gasteiger partial charge in [0.1, 0.15) is 23.4 Å². The molecule has 0 bridgehead atoms. The van der Waals surface area contributed by atoms with Crippen molar-refractivity contribution < 1.29 is 29.3 Å². The Labute approximate surface area is 211 Å². The van der Waals surface area contributed by atoms with Crippen LogP contribution in [0, 0.1) is 5.92 Å². The molecule has 4 unspecified atom stereocenters. The fourth-order valence-corrected chi connectivity index (χ4v) is 4.01. The van der Waals surface area contributed by atoms with E-state index in [1.165, 1.54) is 11.0 Å². The molecule has 3 amide bonds. The number of carbonyl (C=O) groups is 3. The summed E-state index contributed by atoms with van der Waals surface area (Å²) in [5.74, 6) is -1.16. The van der Waals surface area contributed by atoms with Crippen LogP contribution in [-0.4, -0.2) is 57.3 Å². The van der Waals surface area contributed by atoms with Crippen LogP contribution in [0.15, 0.2) is 54.6 Å². The van der Waals surface area contributed by atoms with Gasteiger partial charge < -0.3 is 30.5 Å². The molecular formula is C27H35N3O6. The number of aromatic hydroxyl groups is 1. The Morgan fingerprint density at radius 3 is 2.25 bits per heavy atom. The van der Waals surface area contributed by atoms with E-state index in [1.807, 2.05) is 37.3 Å². The monoisotopic (exact) mass is 497 g/mol. The minimum atomic E-state index is -1.33. The van der Waals surface area contributed by atoms with Crippen molar-refractivity contribution in [2.45, 2.75) is 64.4 Å².